The van der Waals surface area contributed by atoms with Crippen molar-refractivity contribution in [2.24, 2.45) is 5.92 Å². The van der Waals surface area contributed by atoms with Gasteiger partial charge in [-0.1, -0.05) is 44.9 Å². The van der Waals surface area contributed by atoms with E-state index in [2.05, 4.69) is 26.2 Å². The first-order valence-corrected chi connectivity index (χ1v) is 9.62. The number of nitrogens with zero attached hydrogens (tertiary/aromatic N) is 4. The van der Waals surface area contributed by atoms with Crippen molar-refractivity contribution in [3.8, 4) is 6.07 Å². The summed E-state index contributed by atoms with van der Waals surface area (Å²) >= 11 is 1.40. The molecule has 0 radical (unpaired) electrons. The molecule has 0 unspecified atom stereocenters. The molecule has 1 amide bonds. The van der Waals surface area contributed by atoms with Crippen LogP contribution in [0.15, 0.2) is 5.16 Å². The summed E-state index contributed by atoms with van der Waals surface area (Å²) in [6, 6.07) is 2.64. The van der Waals surface area contributed by atoms with Crippen LogP contribution in [0.2, 0.25) is 0 Å². The average molecular weight is 350 g/mol. The number of hydrogen-bond acceptors (Lipinski definition) is 5. The summed E-state index contributed by atoms with van der Waals surface area (Å²) in [4.78, 5) is 12.2. The molecule has 1 aromatic heterocycles. The van der Waals surface area contributed by atoms with E-state index in [1.54, 1.807) is 6.92 Å². The molecular formula is C17H27N5OS. The Morgan fingerprint density at radius 1 is 1.42 bits per heavy atom. The Morgan fingerprint density at radius 2 is 2.08 bits per heavy atom. The SMILES string of the molecule is Cc1nnc(SCC(=O)N[C@@](C)(C#N)C(C)C)n1C1CCCCC1. The van der Waals surface area contributed by atoms with E-state index < -0.39 is 5.54 Å². The lowest BCUT2D eigenvalue weighted by atomic mass is 9.90. The summed E-state index contributed by atoms with van der Waals surface area (Å²) in [5.74, 6) is 1.06. The van der Waals surface area contributed by atoms with Crippen molar-refractivity contribution < 1.29 is 4.79 Å². The van der Waals surface area contributed by atoms with Crippen molar-refractivity contribution in [2.45, 2.75) is 76.5 Å². The Bertz CT molecular complexity index is 615. The highest BCUT2D eigenvalue weighted by Crippen LogP contribution is 2.32. The number of carbonyl (C=O) groups is 1. The molecule has 2 rings (SSSR count). The third kappa shape index (κ3) is 4.29. The van der Waals surface area contributed by atoms with E-state index in [9.17, 15) is 10.1 Å². The van der Waals surface area contributed by atoms with Crippen molar-refractivity contribution in [1.82, 2.24) is 20.1 Å². The number of aryl methyl sites for hydroxylation is 1. The maximum absolute atomic E-state index is 12.2. The van der Waals surface area contributed by atoms with E-state index in [0.29, 0.717) is 6.04 Å². The topological polar surface area (TPSA) is 83.6 Å². The minimum absolute atomic E-state index is 0.0459. The summed E-state index contributed by atoms with van der Waals surface area (Å²) in [6.45, 7) is 7.59. The highest BCUT2D eigenvalue weighted by molar-refractivity contribution is 7.99. The first kappa shape index (κ1) is 18.8. The number of rotatable bonds is 6. The predicted octanol–water partition coefficient (Wildman–Crippen LogP) is 3.24. The smallest absolute Gasteiger partial charge is 0.231 e. The fourth-order valence-electron chi connectivity index (χ4n) is 2.97. The molecule has 1 saturated carbocycles. The van der Waals surface area contributed by atoms with Crippen molar-refractivity contribution in [1.29, 1.82) is 5.26 Å². The molecule has 6 nitrogen and oxygen atoms in total. The lowest BCUT2D eigenvalue weighted by molar-refractivity contribution is -0.120. The average Bonchev–Trinajstić information content (AvgIpc) is 2.94. The summed E-state index contributed by atoms with van der Waals surface area (Å²) in [5, 5.41) is 21.4. The third-order valence-electron chi connectivity index (χ3n) is 4.89. The normalized spacial score (nSPS) is 18.2. The fourth-order valence-corrected chi connectivity index (χ4v) is 3.82. The Morgan fingerprint density at radius 3 is 2.67 bits per heavy atom. The maximum atomic E-state index is 12.2. The largest absolute Gasteiger partial charge is 0.337 e. The van der Waals surface area contributed by atoms with E-state index in [0.717, 1.165) is 23.8 Å². The van der Waals surface area contributed by atoms with Crippen LogP contribution in [0.25, 0.3) is 0 Å². The standard InChI is InChI=1S/C17H27N5OS/c1-12(2)17(4,11-18)19-15(23)10-24-16-21-20-13(3)22(16)14-8-6-5-7-9-14/h12,14H,5-10H2,1-4H3,(H,19,23)/t17-/m0/s1. The van der Waals surface area contributed by atoms with Crippen LogP contribution in [0.3, 0.4) is 0 Å². The van der Waals surface area contributed by atoms with Crippen LogP contribution in [0, 0.1) is 24.2 Å². The number of nitrogens with one attached hydrogen (secondary N) is 1. The van der Waals surface area contributed by atoms with Crippen LogP contribution in [-0.4, -0.2) is 32.0 Å². The van der Waals surface area contributed by atoms with Gasteiger partial charge in [-0.25, -0.2) is 0 Å². The Balaban J connectivity index is 2.00. The summed E-state index contributed by atoms with van der Waals surface area (Å²) < 4.78 is 2.18. The molecule has 1 aromatic rings. The molecule has 1 atom stereocenters. The number of nitriles is 1. The van der Waals surface area contributed by atoms with Gasteiger partial charge < -0.3 is 9.88 Å². The quantitative estimate of drug-likeness (QED) is 0.797. The van der Waals surface area contributed by atoms with Crippen molar-refractivity contribution in [3.05, 3.63) is 5.82 Å². The highest BCUT2D eigenvalue weighted by Gasteiger charge is 2.30. The number of hydrogen-bond donors (Lipinski definition) is 1. The molecular weight excluding hydrogens is 322 g/mol. The van der Waals surface area contributed by atoms with Gasteiger partial charge in [0.2, 0.25) is 5.91 Å². The zero-order chi connectivity index (χ0) is 17.7. The van der Waals surface area contributed by atoms with Crippen LogP contribution < -0.4 is 5.32 Å². The second-order valence-electron chi connectivity index (χ2n) is 7.00. The second kappa shape index (κ2) is 8.02. The van der Waals surface area contributed by atoms with Gasteiger partial charge in [0.15, 0.2) is 5.16 Å². The van der Waals surface area contributed by atoms with Crippen LogP contribution in [0.4, 0.5) is 0 Å². The van der Waals surface area contributed by atoms with Crippen molar-refractivity contribution in [2.75, 3.05) is 5.75 Å². The van der Waals surface area contributed by atoms with Gasteiger partial charge in [-0.2, -0.15) is 5.26 Å². The van der Waals surface area contributed by atoms with E-state index in [-0.39, 0.29) is 17.6 Å². The molecule has 24 heavy (non-hydrogen) atoms. The predicted molar refractivity (Wildman–Crippen MR) is 94.6 cm³/mol. The van der Waals surface area contributed by atoms with Crippen LogP contribution >= 0.6 is 11.8 Å². The fraction of sp³-hybridized carbons (Fsp3) is 0.765. The first-order chi connectivity index (χ1) is 11.4. The van der Waals surface area contributed by atoms with Gasteiger partial charge in [0.25, 0.3) is 0 Å². The van der Waals surface area contributed by atoms with Crippen LogP contribution in [0.1, 0.15) is 64.7 Å². The van der Waals surface area contributed by atoms with Crippen LogP contribution in [-0.2, 0) is 4.79 Å². The lowest BCUT2D eigenvalue weighted by Crippen LogP contribution is -2.49. The molecule has 132 valence electrons. The minimum atomic E-state index is -0.843. The van der Waals surface area contributed by atoms with Crippen LogP contribution in [0.5, 0.6) is 0 Å². The van der Waals surface area contributed by atoms with Gasteiger partial charge in [-0.05, 0) is 32.6 Å². The summed E-state index contributed by atoms with van der Waals surface area (Å²) in [6.07, 6.45) is 6.07. The number of carbonyl (C=O) groups excluding carboxylic acids is 1. The number of amides is 1. The minimum Gasteiger partial charge on any atom is -0.337 e. The lowest BCUT2D eigenvalue weighted by Gasteiger charge is -2.27. The van der Waals surface area contributed by atoms with E-state index >= 15 is 0 Å². The van der Waals surface area contributed by atoms with Crippen molar-refractivity contribution >= 4 is 17.7 Å². The van der Waals surface area contributed by atoms with Gasteiger partial charge in [0.05, 0.1) is 11.8 Å². The van der Waals surface area contributed by atoms with E-state index in [4.69, 9.17) is 0 Å². The van der Waals surface area contributed by atoms with Crippen molar-refractivity contribution in [3.63, 3.8) is 0 Å². The molecule has 1 aliphatic rings. The Kier molecular flexibility index (Phi) is 6.27. The van der Waals surface area contributed by atoms with Gasteiger partial charge in [-0.15, -0.1) is 10.2 Å². The Labute approximate surface area is 148 Å². The molecule has 0 spiro atoms. The van der Waals surface area contributed by atoms with E-state index in [1.807, 2.05) is 20.8 Å². The zero-order valence-electron chi connectivity index (χ0n) is 15.0. The maximum Gasteiger partial charge on any atom is 0.231 e. The third-order valence-corrected chi connectivity index (χ3v) is 5.84. The summed E-state index contributed by atoms with van der Waals surface area (Å²) in [5.41, 5.74) is -0.843. The van der Waals surface area contributed by atoms with Gasteiger partial charge in [-0.3, -0.25) is 4.79 Å². The molecule has 7 heteroatoms. The van der Waals surface area contributed by atoms with Gasteiger partial charge in [0, 0.05) is 6.04 Å². The number of thioether (sulfide) groups is 1. The molecule has 1 aliphatic carbocycles. The molecule has 0 saturated heterocycles. The van der Waals surface area contributed by atoms with Gasteiger partial charge in [0.1, 0.15) is 11.4 Å². The molecule has 0 aromatic carbocycles. The zero-order valence-corrected chi connectivity index (χ0v) is 15.8. The second-order valence-corrected chi connectivity index (χ2v) is 7.94. The highest BCUT2D eigenvalue weighted by atomic mass is 32.2. The molecule has 0 bridgehead atoms. The first-order valence-electron chi connectivity index (χ1n) is 8.64. The van der Waals surface area contributed by atoms with E-state index in [1.165, 1.54) is 31.0 Å². The summed E-state index contributed by atoms with van der Waals surface area (Å²) in [7, 11) is 0. The molecule has 1 heterocycles. The molecule has 0 aliphatic heterocycles. The van der Waals surface area contributed by atoms with Gasteiger partial charge >= 0.3 is 0 Å². The Hall–Kier alpha value is -1.55. The molecule has 1 fully saturated rings. The molecule has 1 N–H and O–H groups in total. The monoisotopic (exact) mass is 349 g/mol. The number of aromatic nitrogens is 3.